The van der Waals surface area contributed by atoms with Gasteiger partial charge in [0, 0.05) is 36.4 Å². The minimum absolute atomic E-state index is 0.141. The number of rotatable bonds is 5. The number of thiophene rings is 1. The molecule has 8 heteroatoms. The van der Waals surface area contributed by atoms with Crippen LogP contribution in [0.3, 0.4) is 0 Å². The number of anilines is 1. The van der Waals surface area contributed by atoms with E-state index in [1.54, 1.807) is 17.5 Å². The molecule has 3 aromatic rings. The summed E-state index contributed by atoms with van der Waals surface area (Å²) in [5.74, 6) is 0.141. The molecule has 29 heavy (non-hydrogen) atoms. The van der Waals surface area contributed by atoms with E-state index in [9.17, 15) is 4.79 Å². The zero-order chi connectivity index (χ0) is 20.4. The highest BCUT2D eigenvalue weighted by Gasteiger charge is 2.30. The number of aromatic nitrogens is 2. The fraction of sp³-hybridized carbons (Fsp3) is 0.286. The Labute approximate surface area is 178 Å². The second-order valence-corrected chi connectivity index (χ2v) is 8.87. The van der Waals surface area contributed by atoms with Crippen LogP contribution >= 0.6 is 22.9 Å². The molecule has 6 nitrogen and oxygen atoms in total. The number of hydrogen-bond donors (Lipinski definition) is 1. The number of fused-ring (bicyclic) bond motifs is 1. The van der Waals surface area contributed by atoms with Crippen LogP contribution in [0, 0.1) is 0 Å². The largest absolute Gasteiger partial charge is 0.397 e. The van der Waals surface area contributed by atoms with Gasteiger partial charge in [0.05, 0.1) is 27.8 Å². The molecule has 1 aromatic carbocycles. The lowest BCUT2D eigenvalue weighted by molar-refractivity contribution is -0.141. The average molecular weight is 428 g/mol. The summed E-state index contributed by atoms with van der Waals surface area (Å²) in [6.07, 6.45) is 5.70. The van der Waals surface area contributed by atoms with Crippen molar-refractivity contribution in [1.29, 1.82) is 0 Å². The van der Waals surface area contributed by atoms with Gasteiger partial charge >= 0.3 is 0 Å². The van der Waals surface area contributed by atoms with Crippen molar-refractivity contribution in [3.05, 3.63) is 57.4 Å². The summed E-state index contributed by atoms with van der Waals surface area (Å²) in [5.41, 5.74) is 8.33. The molecule has 2 N–H and O–H groups in total. The van der Waals surface area contributed by atoms with Crippen LogP contribution in [-0.2, 0) is 11.3 Å². The summed E-state index contributed by atoms with van der Waals surface area (Å²) in [6, 6.07) is 9.63. The van der Waals surface area contributed by atoms with E-state index >= 15 is 0 Å². The predicted molar refractivity (Wildman–Crippen MR) is 119 cm³/mol. The molecule has 1 fully saturated rings. The number of amides is 1. The van der Waals surface area contributed by atoms with Gasteiger partial charge < -0.3 is 10.6 Å². The van der Waals surface area contributed by atoms with Crippen LogP contribution in [-0.4, -0.2) is 51.6 Å². The first-order valence-electron chi connectivity index (χ1n) is 9.46. The normalized spacial score (nSPS) is 18.2. The highest BCUT2D eigenvalue weighted by Crippen LogP contribution is 2.23. The Bertz CT molecular complexity index is 1070. The number of halogens is 1. The topological polar surface area (TPSA) is 75.3 Å². The Hall–Kier alpha value is -2.48. The monoisotopic (exact) mass is 427 g/mol. The van der Waals surface area contributed by atoms with Crippen molar-refractivity contribution in [2.24, 2.45) is 0 Å². The first-order chi connectivity index (χ1) is 14.0. The highest BCUT2D eigenvalue weighted by atomic mass is 35.5. The maximum Gasteiger partial charge on any atom is 0.239 e. The maximum atomic E-state index is 12.9. The Balaban J connectivity index is 1.39. The molecule has 1 aliphatic rings. The van der Waals surface area contributed by atoms with Gasteiger partial charge in [-0.3, -0.25) is 9.69 Å². The first-order valence-corrected chi connectivity index (χ1v) is 10.7. The molecule has 4 rings (SSSR count). The van der Waals surface area contributed by atoms with Crippen LogP contribution in [0.5, 0.6) is 0 Å². The molecular formula is C21H22ClN5OS. The summed E-state index contributed by atoms with van der Waals surface area (Å²) in [6.45, 7) is 4.80. The lowest BCUT2D eigenvalue weighted by Gasteiger charge is -2.38. The number of benzene rings is 1. The predicted octanol–water partition coefficient (Wildman–Crippen LogP) is 3.67. The summed E-state index contributed by atoms with van der Waals surface area (Å²) < 4.78 is 0.782. The second-order valence-electron chi connectivity index (χ2n) is 7.13. The van der Waals surface area contributed by atoms with Gasteiger partial charge in [-0.1, -0.05) is 29.8 Å². The van der Waals surface area contributed by atoms with E-state index in [0.717, 1.165) is 38.8 Å². The number of carbonyl (C=O) groups is 1. The fourth-order valence-electron chi connectivity index (χ4n) is 3.55. The SMILES string of the molecule is CC1C(=O)N(Cc2ccc3c(N)cnnc3c2)CCN1CC=Cc1ccc(Cl)s1. The molecule has 1 amide bonds. The number of nitrogen functional groups attached to an aromatic ring is 1. The van der Waals surface area contributed by atoms with Crippen molar-refractivity contribution in [2.75, 3.05) is 25.4 Å². The Morgan fingerprint density at radius 1 is 1.31 bits per heavy atom. The zero-order valence-corrected chi connectivity index (χ0v) is 17.7. The summed E-state index contributed by atoms with van der Waals surface area (Å²) in [7, 11) is 0. The summed E-state index contributed by atoms with van der Waals surface area (Å²) in [5, 5.41) is 8.94. The van der Waals surface area contributed by atoms with Gasteiger partial charge in [-0.2, -0.15) is 10.2 Å². The van der Waals surface area contributed by atoms with Crippen molar-refractivity contribution >= 4 is 51.5 Å². The van der Waals surface area contributed by atoms with Gasteiger partial charge in [0.15, 0.2) is 0 Å². The van der Waals surface area contributed by atoms with E-state index in [1.807, 2.05) is 42.2 Å². The van der Waals surface area contributed by atoms with Crippen molar-refractivity contribution in [3.8, 4) is 0 Å². The third-order valence-electron chi connectivity index (χ3n) is 5.20. The molecule has 0 radical (unpaired) electrons. The van der Waals surface area contributed by atoms with E-state index in [2.05, 4.69) is 27.2 Å². The van der Waals surface area contributed by atoms with Crippen LogP contribution in [0.15, 0.2) is 42.6 Å². The van der Waals surface area contributed by atoms with Gasteiger partial charge in [0.25, 0.3) is 0 Å². The minimum Gasteiger partial charge on any atom is -0.397 e. The quantitative estimate of drug-likeness (QED) is 0.672. The number of hydrogen-bond acceptors (Lipinski definition) is 6. The van der Waals surface area contributed by atoms with Crippen LogP contribution in [0.2, 0.25) is 4.34 Å². The molecule has 1 saturated heterocycles. The minimum atomic E-state index is -0.156. The van der Waals surface area contributed by atoms with Crippen molar-refractivity contribution in [3.63, 3.8) is 0 Å². The van der Waals surface area contributed by atoms with Crippen LogP contribution in [0.1, 0.15) is 17.4 Å². The standard InChI is InChI=1S/C21H22ClN5OS/c1-14-21(28)27(10-9-26(14)8-2-3-16-5-7-20(22)29-16)13-15-4-6-17-18(23)12-24-25-19(17)11-15/h2-7,11-12,14H,8-10,13H2,1H3,(H2,23,25). The third kappa shape index (κ3) is 4.42. The molecule has 0 bridgehead atoms. The first kappa shape index (κ1) is 19.8. The Kier molecular flexibility index (Phi) is 5.80. The van der Waals surface area contributed by atoms with Crippen LogP contribution in [0.4, 0.5) is 5.69 Å². The molecule has 150 valence electrons. The third-order valence-corrected chi connectivity index (χ3v) is 6.40. The van der Waals surface area contributed by atoms with E-state index in [0.29, 0.717) is 18.8 Å². The summed E-state index contributed by atoms with van der Waals surface area (Å²) >= 11 is 7.51. The molecule has 1 aliphatic heterocycles. The van der Waals surface area contributed by atoms with Gasteiger partial charge in [-0.05, 0) is 36.8 Å². The van der Waals surface area contributed by atoms with Gasteiger partial charge in [0.2, 0.25) is 5.91 Å². The molecule has 0 saturated carbocycles. The summed E-state index contributed by atoms with van der Waals surface area (Å²) in [4.78, 5) is 18.1. The van der Waals surface area contributed by atoms with Gasteiger partial charge in [0.1, 0.15) is 0 Å². The number of piperazine rings is 1. The molecule has 1 atom stereocenters. The molecule has 3 heterocycles. The maximum absolute atomic E-state index is 12.9. The second kappa shape index (κ2) is 8.49. The smallest absolute Gasteiger partial charge is 0.239 e. The molecule has 2 aromatic heterocycles. The average Bonchev–Trinajstić information content (AvgIpc) is 3.12. The van der Waals surface area contributed by atoms with Gasteiger partial charge in [-0.25, -0.2) is 0 Å². The zero-order valence-electron chi connectivity index (χ0n) is 16.1. The van der Waals surface area contributed by atoms with E-state index in [4.69, 9.17) is 17.3 Å². The van der Waals surface area contributed by atoms with E-state index in [1.165, 1.54) is 0 Å². The lowest BCUT2D eigenvalue weighted by atomic mass is 10.1. The van der Waals surface area contributed by atoms with Crippen molar-refractivity contribution < 1.29 is 4.79 Å². The van der Waals surface area contributed by atoms with Crippen LogP contribution in [0.25, 0.3) is 17.0 Å². The number of nitrogens with zero attached hydrogens (tertiary/aromatic N) is 4. The highest BCUT2D eigenvalue weighted by molar-refractivity contribution is 7.16. The molecular weight excluding hydrogens is 406 g/mol. The van der Waals surface area contributed by atoms with Crippen LogP contribution < -0.4 is 5.73 Å². The fourth-order valence-corrected chi connectivity index (χ4v) is 4.54. The molecule has 0 aliphatic carbocycles. The number of carbonyl (C=O) groups excluding carboxylic acids is 1. The van der Waals surface area contributed by atoms with Gasteiger partial charge in [-0.15, -0.1) is 11.3 Å². The Morgan fingerprint density at radius 2 is 2.17 bits per heavy atom. The van der Waals surface area contributed by atoms with E-state index < -0.39 is 0 Å². The Morgan fingerprint density at radius 3 is 2.97 bits per heavy atom. The van der Waals surface area contributed by atoms with E-state index in [-0.39, 0.29) is 11.9 Å². The lowest BCUT2D eigenvalue weighted by Crippen LogP contribution is -2.55. The molecule has 1 unspecified atom stereocenters. The molecule has 0 spiro atoms. The van der Waals surface area contributed by atoms with Crippen molar-refractivity contribution in [2.45, 2.75) is 19.5 Å². The van der Waals surface area contributed by atoms with Crippen molar-refractivity contribution in [1.82, 2.24) is 20.0 Å². The number of nitrogens with two attached hydrogens (primary N) is 1.